The lowest BCUT2D eigenvalue weighted by Crippen LogP contribution is -2.56. The van der Waals surface area contributed by atoms with E-state index in [2.05, 4.69) is 53.2 Å². The molecule has 1 saturated heterocycles. The highest BCUT2D eigenvalue weighted by Gasteiger charge is 2.49. The van der Waals surface area contributed by atoms with E-state index < -0.39 is 5.60 Å². The van der Waals surface area contributed by atoms with Crippen molar-refractivity contribution in [1.82, 2.24) is 10.2 Å². The number of rotatable bonds is 8. The highest BCUT2D eigenvalue weighted by molar-refractivity contribution is 5.78. The number of furan rings is 1. The van der Waals surface area contributed by atoms with Crippen LogP contribution in [0.15, 0.2) is 47.1 Å². The molecule has 1 saturated carbocycles. The number of nitrogens with zero attached hydrogens (tertiary/aromatic N) is 2. The van der Waals surface area contributed by atoms with E-state index in [0.717, 1.165) is 57.5 Å². The molecule has 2 aliphatic rings. The third-order valence-corrected chi connectivity index (χ3v) is 7.42. The summed E-state index contributed by atoms with van der Waals surface area (Å²) in [6.07, 6.45) is 6.45. The number of hydrogen-bond acceptors (Lipinski definition) is 5. The van der Waals surface area contributed by atoms with Gasteiger partial charge in [-0.05, 0) is 62.9 Å². The average molecular weight is 440 g/mol. The van der Waals surface area contributed by atoms with Crippen molar-refractivity contribution < 1.29 is 14.3 Å². The minimum Gasteiger partial charge on any atom is -0.467 e. The smallest absolute Gasteiger partial charge is 0.234 e. The summed E-state index contributed by atoms with van der Waals surface area (Å²) in [5.41, 5.74) is 1.79. The number of nitrogens with one attached hydrogen (secondary N) is 1. The molecule has 2 fully saturated rings. The molecule has 6 heteroatoms. The molecule has 32 heavy (non-hydrogen) atoms. The van der Waals surface area contributed by atoms with Gasteiger partial charge in [-0.3, -0.25) is 9.69 Å². The Morgan fingerprint density at radius 3 is 2.66 bits per heavy atom. The molecule has 4 rings (SSSR count). The van der Waals surface area contributed by atoms with Crippen molar-refractivity contribution >= 4 is 11.6 Å². The third kappa shape index (κ3) is 4.86. The van der Waals surface area contributed by atoms with Crippen LogP contribution in [-0.4, -0.2) is 47.7 Å². The number of carbonyl (C=O) groups is 1. The molecule has 6 nitrogen and oxygen atoms in total. The van der Waals surface area contributed by atoms with Crippen LogP contribution in [0.3, 0.4) is 0 Å². The number of hydrogen-bond donors (Lipinski definition) is 2. The van der Waals surface area contributed by atoms with Crippen molar-refractivity contribution in [2.75, 3.05) is 31.1 Å². The lowest BCUT2D eigenvalue weighted by molar-refractivity contribution is -0.138. The van der Waals surface area contributed by atoms with Crippen molar-refractivity contribution in [3.63, 3.8) is 0 Å². The summed E-state index contributed by atoms with van der Waals surface area (Å²) >= 11 is 0. The van der Waals surface area contributed by atoms with Crippen molar-refractivity contribution in [2.45, 2.75) is 64.1 Å². The maximum Gasteiger partial charge on any atom is 0.234 e. The second-order valence-corrected chi connectivity index (χ2v) is 9.24. The minimum atomic E-state index is -0.623. The molecule has 0 unspecified atom stereocenters. The first-order chi connectivity index (χ1) is 15.5. The van der Waals surface area contributed by atoms with Gasteiger partial charge in [0.2, 0.25) is 5.91 Å². The van der Waals surface area contributed by atoms with Gasteiger partial charge < -0.3 is 19.7 Å². The second-order valence-electron chi connectivity index (χ2n) is 9.24. The number of benzene rings is 1. The van der Waals surface area contributed by atoms with E-state index >= 15 is 0 Å². The lowest BCUT2D eigenvalue weighted by atomic mass is 9.66. The molecule has 1 aromatic carbocycles. The van der Waals surface area contributed by atoms with Crippen molar-refractivity contribution in [3.8, 4) is 0 Å². The summed E-state index contributed by atoms with van der Waals surface area (Å²) < 4.78 is 5.33. The zero-order chi connectivity index (χ0) is 22.6. The summed E-state index contributed by atoms with van der Waals surface area (Å²) in [5, 5.41) is 14.5. The molecule has 0 spiro atoms. The Morgan fingerprint density at radius 2 is 1.97 bits per heavy atom. The standard InChI is InChI=1S/C26H37N3O3/c1-3-28(4-2)21-12-10-20(11-13-21)25-23-9-5-6-14-26(23,31)15-16-29(25)19-24(30)27-18-22-8-7-17-32-22/h7-8,10-13,17,23,25,31H,3-6,9,14-16,18-19H2,1-2H3,(H,27,30)/t23-,25+,26+/m0/s1. The SMILES string of the molecule is CCN(CC)c1ccc([C@@H]2[C@@H]3CCCC[C@@]3(O)CCN2CC(=O)NCc2ccco2)cc1. The zero-order valence-corrected chi connectivity index (χ0v) is 19.4. The first kappa shape index (κ1) is 22.9. The Labute approximate surface area is 191 Å². The highest BCUT2D eigenvalue weighted by atomic mass is 16.3. The molecule has 2 N–H and O–H groups in total. The van der Waals surface area contributed by atoms with Crippen LogP contribution in [0, 0.1) is 5.92 Å². The fraction of sp³-hybridized carbons (Fsp3) is 0.577. The Morgan fingerprint density at radius 1 is 1.19 bits per heavy atom. The van der Waals surface area contributed by atoms with Crippen LogP contribution in [-0.2, 0) is 11.3 Å². The number of fused-ring (bicyclic) bond motifs is 1. The number of carbonyl (C=O) groups excluding carboxylic acids is 1. The van der Waals surface area contributed by atoms with Crippen LogP contribution < -0.4 is 10.2 Å². The summed E-state index contributed by atoms with van der Waals surface area (Å²) in [7, 11) is 0. The largest absolute Gasteiger partial charge is 0.467 e. The predicted molar refractivity (Wildman–Crippen MR) is 126 cm³/mol. The first-order valence-electron chi connectivity index (χ1n) is 12.1. The Bertz CT molecular complexity index is 863. The predicted octanol–water partition coefficient (Wildman–Crippen LogP) is 4.11. The van der Waals surface area contributed by atoms with E-state index in [1.54, 1.807) is 6.26 Å². The molecule has 0 bridgehead atoms. The lowest BCUT2D eigenvalue weighted by Gasteiger charge is -2.52. The molecule has 0 radical (unpaired) electrons. The Hall–Kier alpha value is -2.31. The van der Waals surface area contributed by atoms with E-state index in [0.29, 0.717) is 13.1 Å². The molecule has 1 amide bonds. The normalized spacial score (nSPS) is 25.8. The van der Waals surface area contributed by atoms with Gasteiger partial charge in [0.25, 0.3) is 0 Å². The molecular formula is C26H37N3O3. The maximum atomic E-state index is 12.8. The number of anilines is 1. The van der Waals surface area contributed by atoms with E-state index in [-0.39, 0.29) is 17.9 Å². The van der Waals surface area contributed by atoms with Crippen LogP contribution in [0.1, 0.15) is 63.3 Å². The maximum absolute atomic E-state index is 12.8. The van der Waals surface area contributed by atoms with Gasteiger partial charge in [-0.1, -0.05) is 25.0 Å². The highest BCUT2D eigenvalue weighted by Crippen LogP contribution is 2.49. The van der Waals surface area contributed by atoms with Crippen LogP contribution in [0.2, 0.25) is 0 Å². The van der Waals surface area contributed by atoms with Crippen LogP contribution >= 0.6 is 0 Å². The third-order valence-electron chi connectivity index (χ3n) is 7.42. The summed E-state index contributed by atoms with van der Waals surface area (Å²) in [6, 6.07) is 12.5. The van der Waals surface area contributed by atoms with E-state index in [9.17, 15) is 9.90 Å². The van der Waals surface area contributed by atoms with Gasteiger partial charge in [0.05, 0.1) is 25.0 Å². The van der Waals surface area contributed by atoms with Gasteiger partial charge in [0.15, 0.2) is 0 Å². The summed E-state index contributed by atoms with van der Waals surface area (Å²) in [6.45, 7) is 7.75. The van der Waals surface area contributed by atoms with Gasteiger partial charge in [-0.15, -0.1) is 0 Å². The molecule has 3 atom stereocenters. The molecular weight excluding hydrogens is 402 g/mol. The number of likely N-dealkylation sites (tertiary alicyclic amines) is 1. The summed E-state index contributed by atoms with van der Waals surface area (Å²) in [5.74, 6) is 0.900. The van der Waals surface area contributed by atoms with Crippen LogP contribution in [0.4, 0.5) is 5.69 Å². The Kier molecular flexibility index (Phi) is 7.21. The molecule has 174 valence electrons. The number of amides is 1. The fourth-order valence-electron chi connectivity index (χ4n) is 5.67. The van der Waals surface area contributed by atoms with Gasteiger partial charge in [-0.25, -0.2) is 0 Å². The summed E-state index contributed by atoms with van der Waals surface area (Å²) in [4.78, 5) is 17.4. The number of aliphatic hydroxyl groups is 1. The molecule has 1 aromatic heterocycles. The topological polar surface area (TPSA) is 69.0 Å². The van der Waals surface area contributed by atoms with Crippen LogP contribution in [0.5, 0.6) is 0 Å². The van der Waals surface area contributed by atoms with E-state index in [1.807, 2.05) is 12.1 Å². The Balaban J connectivity index is 1.54. The van der Waals surface area contributed by atoms with Gasteiger partial charge >= 0.3 is 0 Å². The quantitative estimate of drug-likeness (QED) is 0.648. The van der Waals surface area contributed by atoms with Gasteiger partial charge in [0.1, 0.15) is 5.76 Å². The van der Waals surface area contributed by atoms with Crippen molar-refractivity contribution in [2.24, 2.45) is 5.92 Å². The van der Waals surface area contributed by atoms with Gasteiger partial charge in [0, 0.05) is 37.3 Å². The second kappa shape index (κ2) is 10.1. The molecule has 2 heterocycles. The van der Waals surface area contributed by atoms with Crippen molar-refractivity contribution in [3.05, 3.63) is 54.0 Å². The minimum absolute atomic E-state index is 0.00703. The van der Waals surface area contributed by atoms with Crippen LogP contribution in [0.25, 0.3) is 0 Å². The molecule has 2 aromatic rings. The molecule has 1 aliphatic heterocycles. The molecule has 1 aliphatic carbocycles. The fourth-order valence-corrected chi connectivity index (χ4v) is 5.67. The monoisotopic (exact) mass is 439 g/mol. The van der Waals surface area contributed by atoms with Gasteiger partial charge in [-0.2, -0.15) is 0 Å². The first-order valence-corrected chi connectivity index (χ1v) is 12.1. The number of piperidine rings is 1. The van der Waals surface area contributed by atoms with Crippen molar-refractivity contribution in [1.29, 1.82) is 0 Å². The van der Waals surface area contributed by atoms with E-state index in [4.69, 9.17) is 4.42 Å². The van der Waals surface area contributed by atoms with E-state index in [1.165, 1.54) is 11.3 Å². The zero-order valence-electron chi connectivity index (χ0n) is 19.4. The average Bonchev–Trinajstić information content (AvgIpc) is 3.33.